The van der Waals surface area contributed by atoms with Crippen molar-refractivity contribution in [3.8, 4) is 22.8 Å². The van der Waals surface area contributed by atoms with Crippen LogP contribution >= 0.6 is 11.8 Å². The largest absolute Gasteiger partial charge is 0.497 e. The average Bonchev–Trinajstić information content (AvgIpc) is 3.28. The van der Waals surface area contributed by atoms with Crippen LogP contribution in [0.2, 0.25) is 0 Å². The van der Waals surface area contributed by atoms with Crippen molar-refractivity contribution in [2.45, 2.75) is 19.0 Å². The van der Waals surface area contributed by atoms with E-state index < -0.39 is 0 Å². The van der Waals surface area contributed by atoms with E-state index >= 15 is 0 Å². The number of carbonyl (C=O) groups excluding carboxylic acids is 1. The molecule has 4 aromatic rings. The number of methoxy groups -OCH3 is 1. The first-order valence-electron chi connectivity index (χ1n) is 10.7. The summed E-state index contributed by atoms with van der Waals surface area (Å²) in [6.07, 6.45) is 1.58. The van der Waals surface area contributed by atoms with Crippen LogP contribution in [0.25, 0.3) is 17.1 Å². The van der Waals surface area contributed by atoms with Gasteiger partial charge in [0.1, 0.15) is 5.75 Å². The van der Waals surface area contributed by atoms with Crippen LogP contribution in [0.4, 0.5) is 0 Å². The Hall–Kier alpha value is -3.91. The summed E-state index contributed by atoms with van der Waals surface area (Å²) < 4.78 is 7.17. The molecule has 172 valence electrons. The van der Waals surface area contributed by atoms with Gasteiger partial charge in [-0.2, -0.15) is 5.10 Å². The molecule has 0 spiro atoms. The van der Waals surface area contributed by atoms with Crippen molar-refractivity contribution in [1.29, 1.82) is 0 Å². The van der Waals surface area contributed by atoms with Gasteiger partial charge in [-0.1, -0.05) is 71.4 Å². The van der Waals surface area contributed by atoms with Crippen LogP contribution in [-0.2, 0) is 4.79 Å². The zero-order valence-electron chi connectivity index (χ0n) is 19.2. The predicted molar refractivity (Wildman–Crippen MR) is 136 cm³/mol. The van der Waals surface area contributed by atoms with Crippen LogP contribution in [0, 0.1) is 13.8 Å². The molecular weight excluding hydrogens is 446 g/mol. The fourth-order valence-electron chi connectivity index (χ4n) is 3.24. The number of carbonyl (C=O) groups is 1. The van der Waals surface area contributed by atoms with Gasteiger partial charge in [-0.05, 0) is 43.7 Å². The number of nitrogens with zero attached hydrogens (tertiary/aromatic N) is 4. The van der Waals surface area contributed by atoms with Gasteiger partial charge in [0.15, 0.2) is 11.0 Å². The Labute approximate surface area is 202 Å². The minimum Gasteiger partial charge on any atom is -0.497 e. The van der Waals surface area contributed by atoms with Crippen molar-refractivity contribution >= 4 is 23.9 Å². The van der Waals surface area contributed by atoms with E-state index in [1.165, 1.54) is 17.3 Å². The lowest BCUT2D eigenvalue weighted by molar-refractivity contribution is -0.118. The molecule has 1 N–H and O–H groups in total. The van der Waals surface area contributed by atoms with Crippen LogP contribution < -0.4 is 10.2 Å². The third-order valence-electron chi connectivity index (χ3n) is 5.06. The second kappa shape index (κ2) is 10.8. The number of aromatic nitrogens is 3. The molecule has 0 fully saturated rings. The maximum atomic E-state index is 12.4. The minimum atomic E-state index is -0.237. The van der Waals surface area contributed by atoms with Gasteiger partial charge in [0, 0.05) is 11.3 Å². The number of amides is 1. The number of aryl methyl sites for hydroxylation is 2. The van der Waals surface area contributed by atoms with Gasteiger partial charge in [-0.15, -0.1) is 10.2 Å². The number of nitrogens with one attached hydrogen (secondary N) is 1. The minimum absolute atomic E-state index is 0.146. The van der Waals surface area contributed by atoms with E-state index in [1.807, 2.05) is 91.2 Å². The van der Waals surface area contributed by atoms with E-state index in [0.717, 1.165) is 34.0 Å². The second-order valence-electron chi connectivity index (χ2n) is 7.70. The third kappa shape index (κ3) is 5.71. The van der Waals surface area contributed by atoms with Gasteiger partial charge < -0.3 is 4.74 Å². The first-order chi connectivity index (χ1) is 16.5. The molecule has 1 heterocycles. The Morgan fingerprint density at radius 3 is 2.44 bits per heavy atom. The molecule has 4 rings (SSSR count). The molecule has 0 atom stereocenters. The number of rotatable bonds is 8. The van der Waals surface area contributed by atoms with E-state index in [1.54, 1.807) is 13.3 Å². The van der Waals surface area contributed by atoms with E-state index in [-0.39, 0.29) is 11.7 Å². The highest BCUT2D eigenvalue weighted by molar-refractivity contribution is 7.99. The molecule has 0 aliphatic carbocycles. The van der Waals surface area contributed by atoms with Gasteiger partial charge in [-0.3, -0.25) is 9.36 Å². The first-order valence-corrected chi connectivity index (χ1v) is 11.7. The Morgan fingerprint density at radius 2 is 1.74 bits per heavy atom. The summed E-state index contributed by atoms with van der Waals surface area (Å²) in [7, 11) is 1.61. The van der Waals surface area contributed by atoms with Crippen LogP contribution in [0.3, 0.4) is 0 Å². The number of thioether (sulfide) groups is 1. The summed E-state index contributed by atoms with van der Waals surface area (Å²) in [5.74, 6) is 1.36. The molecule has 0 unspecified atom stereocenters. The summed E-state index contributed by atoms with van der Waals surface area (Å²) >= 11 is 1.31. The van der Waals surface area contributed by atoms with E-state index in [4.69, 9.17) is 4.74 Å². The van der Waals surface area contributed by atoms with Crippen molar-refractivity contribution in [2.24, 2.45) is 5.10 Å². The number of benzene rings is 3. The van der Waals surface area contributed by atoms with Crippen molar-refractivity contribution < 1.29 is 9.53 Å². The maximum Gasteiger partial charge on any atom is 0.250 e. The van der Waals surface area contributed by atoms with Crippen LogP contribution in [0.5, 0.6) is 5.75 Å². The van der Waals surface area contributed by atoms with Crippen molar-refractivity contribution in [3.63, 3.8) is 0 Å². The zero-order chi connectivity index (χ0) is 23.9. The Kier molecular flexibility index (Phi) is 7.39. The van der Waals surface area contributed by atoms with E-state index in [0.29, 0.717) is 5.16 Å². The second-order valence-corrected chi connectivity index (χ2v) is 8.64. The molecule has 7 nitrogen and oxygen atoms in total. The summed E-state index contributed by atoms with van der Waals surface area (Å²) in [4.78, 5) is 12.4. The highest BCUT2D eigenvalue weighted by Gasteiger charge is 2.17. The topological polar surface area (TPSA) is 81.4 Å². The predicted octanol–water partition coefficient (Wildman–Crippen LogP) is 4.80. The van der Waals surface area contributed by atoms with E-state index in [2.05, 4.69) is 20.7 Å². The summed E-state index contributed by atoms with van der Waals surface area (Å²) in [5, 5.41) is 13.5. The smallest absolute Gasteiger partial charge is 0.250 e. The van der Waals surface area contributed by atoms with Crippen LogP contribution in [0.1, 0.15) is 16.7 Å². The number of ether oxygens (including phenoxy) is 1. The number of hydrazone groups is 1. The SMILES string of the molecule is COc1cccc(/C=N\NC(=O)CSc2nnc(-c3ccc(C)cc3)n2-c2ccc(C)cc2)c1. The van der Waals surface area contributed by atoms with E-state index in [9.17, 15) is 4.79 Å². The van der Waals surface area contributed by atoms with Crippen molar-refractivity contribution in [1.82, 2.24) is 20.2 Å². The lowest BCUT2D eigenvalue weighted by Crippen LogP contribution is -2.20. The zero-order valence-corrected chi connectivity index (χ0v) is 20.0. The highest BCUT2D eigenvalue weighted by Crippen LogP contribution is 2.28. The maximum absolute atomic E-state index is 12.4. The number of hydrogen-bond acceptors (Lipinski definition) is 6. The van der Waals surface area contributed by atoms with Gasteiger partial charge in [0.05, 0.1) is 19.1 Å². The van der Waals surface area contributed by atoms with Crippen LogP contribution in [0.15, 0.2) is 83.1 Å². The Balaban J connectivity index is 1.50. The lowest BCUT2D eigenvalue weighted by Gasteiger charge is -2.11. The molecular formula is C26H25N5O2S. The number of hydrogen-bond donors (Lipinski definition) is 1. The van der Waals surface area contributed by atoms with Gasteiger partial charge in [0.25, 0.3) is 5.91 Å². The molecule has 1 amide bonds. The lowest BCUT2D eigenvalue weighted by atomic mass is 10.1. The normalized spacial score (nSPS) is 11.0. The monoisotopic (exact) mass is 471 g/mol. The van der Waals surface area contributed by atoms with Gasteiger partial charge in [-0.25, -0.2) is 5.43 Å². The Bertz CT molecular complexity index is 1300. The van der Waals surface area contributed by atoms with Gasteiger partial charge >= 0.3 is 0 Å². The molecule has 34 heavy (non-hydrogen) atoms. The molecule has 0 saturated carbocycles. The molecule has 0 aliphatic heterocycles. The molecule has 1 aromatic heterocycles. The fraction of sp³-hybridized carbons (Fsp3) is 0.154. The molecule has 0 radical (unpaired) electrons. The summed E-state index contributed by atoms with van der Waals surface area (Å²) in [5.41, 5.74) is 7.62. The van der Waals surface area contributed by atoms with Crippen LogP contribution in [-0.4, -0.2) is 39.7 Å². The summed E-state index contributed by atoms with van der Waals surface area (Å²) in [6, 6.07) is 23.7. The molecule has 8 heteroatoms. The molecule has 0 saturated heterocycles. The highest BCUT2D eigenvalue weighted by atomic mass is 32.2. The van der Waals surface area contributed by atoms with Crippen molar-refractivity contribution in [2.75, 3.05) is 12.9 Å². The molecule has 3 aromatic carbocycles. The Morgan fingerprint density at radius 1 is 1.03 bits per heavy atom. The van der Waals surface area contributed by atoms with Gasteiger partial charge in [0.2, 0.25) is 0 Å². The average molecular weight is 472 g/mol. The molecule has 0 aliphatic rings. The standard InChI is InChI=1S/C26H25N5O2S/c1-18-7-11-21(12-8-18)25-29-30-26(31(25)22-13-9-19(2)10-14-22)34-17-24(32)28-27-16-20-5-4-6-23(15-20)33-3/h4-16H,17H2,1-3H3,(H,28,32)/b27-16-. The molecule has 0 bridgehead atoms. The summed E-state index contributed by atoms with van der Waals surface area (Å²) in [6.45, 7) is 4.09. The third-order valence-corrected chi connectivity index (χ3v) is 5.99. The first kappa shape index (κ1) is 23.3. The van der Waals surface area contributed by atoms with Crippen molar-refractivity contribution in [3.05, 3.63) is 89.5 Å². The quantitative estimate of drug-likeness (QED) is 0.227. The fourth-order valence-corrected chi connectivity index (χ4v) is 3.99.